The molecule has 0 radical (unpaired) electrons. The Kier molecular flexibility index (Phi) is 5.43. The van der Waals surface area contributed by atoms with Gasteiger partial charge in [-0.1, -0.05) is 12.8 Å². The van der Waals surface area contributed by atoms with Crippen LogP contribution in [0.5, 0.6) is 0 Å². The van der Waals surface area contributed by atoms with Crippen LogP contribution in [0.15, 0.2) is 12.1 Å². The van der Waals surface area contributed by atoms with Crippen molar-refractivity contribution in [2.24, 2.45) is 0 Å². The monoisotopic (exact) mass is 340 g/mol. The average Bonchev–Trinajstić information content (AvgIpc) is 2.89. The predicted octanol–water partition coefficient (Wildman–Crippen LogP) is 3.58. The Morgan fingerprint density at radius 1 is 0.875 bits per heavy atom. The summed E-state index contributed by atoms with van der Waals surface area (Å²) < 4.78 is 40.2. The second-order valence-corrected chi connectivity index (χ2v) is 6.70. The van der Waals surface area contributed by atoms with E-state index in [-0.39, 0.29) is 5.56 Å². The van der Waals surface area contributed by atoms with Gasteiger partial charge in [-0.05, 0) is 50.9 Å². The maximum absolute atomic E-state index is 13.8. The summed E-state index contributed by atoms with van der Waals surface area (Å²) in [7, 11) is 0. The first-order valence-electron chi connectivity index (χ1n) is 8.74. The number of hydrogen-bond acceptors (Lipinski definition) is 2. The summed E-state index contributed by atoms with van der Waals surface area (Å²) in [5.41, 5.74) is -0.387. The fraction of sp³-hybridized carbons (Fsp3) is 0.611. The number of hydrogen-bond donors (Lipinski definition) is 0. The van der Waals surface area contributed by atoms with Crippen LogP contribution in [0.3, 0.4) is 0 Å². The summed E-state index contributed by atoms with van der Waals surface area (Å²) in [4.78, 5) is 16.5. The van der Waals surface area contributed by atoms with E-state index >= 15 is 0 Å². The van der Waals surface area contributed by atoms with Crippen molar-refractivity contribution in [1.29, 1.82) is 0 Å². The third-order valence-corrected chi connectivity index (χ3v) is 5.17. The quantitative estimate of drug-likeness (QED) is 0.768. The Morgan fingerprint density at radius 2 is 1.50 bits per heavy atom. The molecule has 3 nitrogen and oxygen atoms in total. The van der Waals surface area contributed by atoms with Crippen LogP contribution in [-0.2, 0) is 0 Å². The molecule has 0 N–H and O–H groups in total. The van der Waals surface area contributed by atoms with Gasteiger partial charge in [0.25, 0.3) is 5.91 Å². The molecular weight excluding hydrogens is 317 g/mol. The summed E-state index contributed by atoms with van der Waals surface area (Å²) in [5.74, 6) is -4.81. The fourth-order valence-corrected chi connectivity index (χ4v) is 3.76. The van der Waals surface area contributed by atoms with E-state index in [1.807, 2.05) is 0 Å². The molecule has 1 aromatic rings. The molecule has 1 amide bonds. The SMILES string of the molecule is O=C(c1ccc(F)c(F)c1F)N1CCC(N2CCCCCC2)CC1. The third-order valence-electron chi connectivity index (χ3n) is 5.17. The molecule has 0 bridgehead atoms. The van der Waals surface area contributed by atoms with Crippen molar-refractivity contribution >= 4 is 5.91 Å². The highest BCUT2D eigenvalue weighted by Crippen LogP contribution is 2.23. The van der Waals surface area contributed by atoms with E-state index in [2.05, 4.69) is 4.90 Å². The molecule has 0 saturated carbocycles. The minimum atomic E-state index is -1.58. The second kappa shape index (κ2) is 7.55. The first-order chi connectivity index (χ1) is 11.6. The highest BCUT2D eigenvalue weighted by Gasteiger charge is 2.29. The lowest BCUT2D eigenvalue weighted by Crippen LogP contribution is -2.47. The molecule has 3 rings (SSSR count). The zero-order valence-electron chi connectivity index (χ0n) is 13.7. The molecule has 0 unspecified atom stereocenters. The molecule has 0 aliphatic carbocycles. The highest BCUT2D eigenvalue weighted by atomic mass is 19.2. The lowest BCUT2D eigenvalue weighted by Gasteiger charge is -2.38. The smallest absolute Gasteiger partial charge is 0.256 e. The van der Waals surface area contributed by atoms with Crippen molar-refractivity contribution in [3.63, 3.8) is 0 Å². The Morgan fingerprint density at radius 3 is 2.12 bits per heavy atom. The molecule has 0 atom stereocenters. The minimum absolute atomic E-state index is 0.387. The second-order valence-electron chi connectivity index (χ2n) is 6.70. The van der Waals surface area contributed by atoms with Gasteiger partial charge in [-0.15, -0.1) is 0 Å². The zero-order valence-corrected chi connectivity index (χ0v) is 13.7. The normalized spacial score (nSPS) is 20.9. The first-order valence-corrected chi connectivity index (χ1v) is 8.74. The Balaban J connectivity index is 1.62. The van der Waals surface area contributed by atoms with E-state index in [0.717, 1.165) is 38.1 Å². The van der Waals surface area contributed by atoms with Crippen LogP contribution in [0, 0.1) is 17.5 Å². The van der Waals surface area contributed by atoms with Gasteiger partial charge in [-0.25, -0.2) is 13.2 Å². The van der Waals surface area contributed by atoms with Gasteiger partial charge in [0.1, 0.15) is 0 Å². The molecular formula is C18H23F3N2O. The van der Waals surface area contributed by atoms with Crippen LogP contribution in [-0.4, -0.2) is 47.9 Å². The predicted molar refractivity (Wildman–Crippen MR) is 85.3 cm³/mol. The van der Waals surface area contributed by atoms with Crippen molar-refractivity contribution in [3.05, 3.63) is 35.1 Å². The number of rotatable bonds is 2. The number of amides is 1. The molecule has 2 aliphatic rings. The van der Waals surface area contributed by atoms with Crippen molar-refractivity contribution in [1.82, 2.24) is 9.80 Å². The van der Waals surface area contributed by atoms with Crippen molar-refractivity contribution in [2.45, 2.75) is 44.6 Å². The largest absolute Gasteiger partial charge is 0.338 e. The third kappa shape index (κ3) is 3.58. The molecule has 0 aromatic heterocycles. The van der Waals surface area contributed by atoms with E-state index in [4.69, 9.17) is 0 Å². The molecule has 2 saturated heterocycles. The number of carbonyl (C=O) groups excluding carboxylic acids is 1. The van der Waals surface area contributed by atoms with Gasteiger partial charge in [0.15, 0.2) is 17.5 Å². The summed E-state index contributed by atoms with van der Waals surface area (Å²) >= 11 is 0. The molecule has 0 spiro atoms. The summed E-state index contributed by atoms with van der Waals surface area (Å²) in [6.07, 6.45) is 6.69. The van der Waals surface area contributed by atoms with Gasteiger partial charge in [-0.3, -0.25) is 4.79 Å². The summed E-state index contributed by atoms with van der Waals surface area (Å²) in [6.45, 7) is 3.27. The van der Waals surface area contributed by atoms with Crippen molar-refractivity contribution in [2.75, 3.05) is 26.2 Å². The Labute approximate surface area is 140 Å². The number of benzene rings is 1. The van der Waals surface area contributed by atoms with Crippen LogP contribution in [0.4, 0.5) is 13.2 Å². The standard InChI is InChI=1S/C18H23F3N2O/c19-15-6-5-14(16(20)17(15)21)18(24)23-11-7-13(8-12-23)22-9-3-1-2-4-10-22/h5-6,13H,1-4,7-12H2. The molecule has 2 heterocycles. The molecule has 132 valence electrons. The maximum Gasteiger partial charge on any atom is 0.256 e. The van der Waals surface area contributed by atoms with Crippen LogP contribution in [0.2, 0.25) is 0 Å². The summed E-state index contributed by atoms with van der Waals surface area (Å²) in [5, 5.41) is 0. The number of piperidine rings is 1. The fourth-order valence-electron chi connectivity index (χ4n) is 3.76. The maximum atomic E-state index is 13.8. The van der Waals surface area contributed by atoms with Gasteiger partial charge < -0.3 is 9.80 Å². The first kappa shape index (κ1) is 17.3. The van der Waals surface area contributed by atoms with E-state index < -0.39 is 23.4 Å². The van der Waals surface area contributed by atoms with Crippen molar-refractivity contribution in [3.8, 4) is 0 Å². The molecule has 1 aromatic carbocycles. The lowest BCUT2D eigenvalue weighted by molar-refractivity contribution is 0.0617. The Bertz CT molecular complexity index is 592. The van der Waals surface area contributed by atoms with Crippen LogP contribution >= 0.6 is 0 Å². The molecule has 6 heteroatoms. The summed E-state index contributed by atoms with van der Waals surface area (Å²) in [6, 6.07) is 2.29. The van der Waals surface area contributed by atoms with E-state index in [1.165, 1.54) is 25.7 Å². The minimum Gasteiger partial charge on any atom is -0.338 e. The highest BCUT2D eigenvalue weighted by molar-refractivity contribution is 5.94. The molecule has 2 fully saturated rings. The van der Waals surface area contributed by atoms with Gasteiger partial charge in [0, 0.05) is 19.1 Å². The Hall–Kier alpha value is -1.56. The number of carbonyl (C=O) groups is 1. The van der Waals surface area contributed by atoms with E-state index in [9.17, 15) is 18.0 Å². The van der Waals surface area contributed by atoms with Crippen LogP contribution in [0.25, 0.3) is 0 Å². The van der Waals surface area contributed by atoms with E-state index in [1.54, 1.807) is 4.90 Å². The van der Waals surface area contributed by atoms with Gasteiger partial charge >= 0.3 is 0 Å². The molecule has 2 aliphatic heterocycles. The number of nitrogens with zero attached hydrogens (tertiary/aromatic N) is 2. The topological polar surface area (TPSA) is 23.6 Å². The number of halogens is 3. The van der Waals surface area contributed by atoms with Gasteiger partial charge in [0.2, 0.25) is 0 Å². The van der Waals surface area contributed by atoms with Crippen LogP contribution in [0.1, 0.15) is 48.9 Å². The lowest BCUT2D eigenvalue weighted by atomic mass is 10.0. The van der Waals surface area contributed by atoms with Gasteiger partial charge in [-0.2, -0.15) is 0 Å². The average molecular weight is 340 g/mol. The zero-order chi connectivity index (χ0) is 17.1. The number of likely N-dealkylation sites (tertiary alicyclic amines) is 2. The van der Waals surface area contributed by atoms with E-state index in [0.29, 0.717) is 19.1 Å². The van der Waals surface area contributed by atoms with Crippen molar-refractivity contribution < 1.29 is 18.0 Å². The molecule has 24 heavy (non-hydrogen) atoms. The van der Waals surface area contributed by atoms with Gasteiger partial charge in [0.05, 0.1) is 5.56 Å². The van der Waals surface area contributed by atoms with Crippen LogP contribution < -0.4 is 0 Å².